The molecular weight excluding hydrogens is 573 g/mol. The van der Waals surface area contributed by atoms with Crippen molar-refractivity contribution in [1.82, 2.24) is 0 Å². The monoisotopic (exact) mass is 625 g/mol. The van der Waals surface area contributed by atoms with E-state index in [1.807, 2.05) is 33.3 Å². The van der Waals surface area contributed by atoms with Gasteiger partial charge in [-0.25, -0.2) is 0 Å². The van der Waals surface area contributed by atoms with Crippen molar-refractivity contribution in [2.45, 2.75) is 71.0 Å². The van der Waals surface area contributed by atoms with Crippen LogP contribution in [0.15, 0.2) is 72.9 Å². The molecule has 0 aromatic heterocycles. The van der Waals surface area contributed by atoms with Gasteiger partial charge in [-0.05, 0) is 38.5 Å². The number of hydrogen-bond acceptors (Lipinski definition) is 9. The third-order valence-electron chi connectivity index (χ3n) is 5.39. The van der Waals surface area contributed by atoms with Gasteiger partial charge >= 0.3 is 11.9 Å². The first-order valence-electron chi connectivity index (χ1n) is 14.7. The molecule has 0 bridgehead atoms. The predicted octanol–water partition coefficient (Wildman–Crippen LogP) is 5.12. The average Bonchev–Trinajstić information content (AvgIpc) is 2.91. The van der Waals surface area contributed by atoms with Gasteiger partial charge in [0.05, 0.1) is 33.9 Å². The number of carbonyl (C=O) groups is 2. The van der Waals surface area contributed by atoms with Gasteiger partial charge in [-0.1, -0.05) is 79.8 Å². The molecule has 11 heteroatoms. The zero-order valence-corrected chi connectivity index (χ0v) is 27.4. The Bertz CT molecular complexity index is 993. The number of esters is 2. The van der Waals surface area contributed by atoms with Crippen molar-refractivity contribution in [2.24, 2.45) is 0 Å². The standard InChI is InChI=1S/C32H52NO9P/c1-6-7-8-9-10-11-12-13-14-15-16-17-19-22-30(35)23-20-18-21-24-32(36)42-31(27-39-29(2)34)28-41-43(37,38)40-26-25-33(3,4)5/h7-8,10-11,13-14,16-20,22,30-31,35H,6,9,12,15,21,23-28H2,1-5H3/b8-7-,11-10-,14-13-,17-16-,20-18-,22-19-/t30?,31-/m1/s1. The number of hydrogen-bond donors (Lipinski definition) is 1. The third kappa shape index (κ3) is 29.3. The second-order valence-electron chi connectivity index (χ2n) is 10.7. The molecule has 0 aliphatic heterocycles. The fourth-order valence-corrected chi connectivity index (χ4v) is 3.80. The van der Waals surface area contributed by atoms with E-state index in [2.05, 4.69) is 43.4 Å². The van der Waals surface area contributed by atoms with Crippen LogP contribution in [0.1, 0.15) is 58.8 Å². The highest BCUT2D eigenvalue weighted by atomic mass is 31.2. The normalized spacial score (nSPS) is 15.8. The molecule has 0 rings (SSSR count). The fraction of sp³-hybridized carbons (Fsp3) is 0.562. The van der Waals surface area contributed by atoms with Gasteiger partial charge < -0.3 is 33.0 Å². The van der Waals surface area contributed by atoms with Crippen LogP contribution in [0.5, 0.6) is 0 Å². The summed E-state index contributed by atoms with van der Waals surface area (Å²) >= 11 is 0. The van der Waals surface area contributed by atoms with Crippen molar-refractivity contribution in [1.29, 1.82) is 0 Å². The van der Waals surface area contributed by atoms with Crippen molar-refractivity contribution in [3.63, 3.8) is 0 Å². The Morgan fingerprint density at radius 2 is 1.51 bits per heavy atom. The number of likely N-dealkylation sites (N-methyl/N-ethyl adjacent to an activating group) is 1. The lowest BCUT2D eigenvalue weighted by Gasteiger charge is -2.28. The lowest BCUT2D eigenvalue weighted by Crippen LogP contribution is -2.37. The number of nitrogens with zero attached hydrogens (tertiary/aromatic N) is 1. The van der Waals surface area contributed by atoms with Crippen LogP contribution >= 0.6 is 7.82 Å². The molecule has 3 atom stereocenters. The largest absolute Gasteiger partial charge is 0.756 e. The highest BCUT2D eigenvalue weighted by Crippen LogP contribution is 2.38. The summed E-state index contributed by atoms with van der Waals surface area (Å²) < 4.78 is 32.3. The lowest BCUT2D eigenvalue weighted by molar-refractivity contribution is -0.870. The maximum Gasteiger partial charge on any atom is 0.306 e. The second kappa shape index (κ2) is 24.8. The number of phosphoric ester groups is 1. The Morgan fingerprint density at radius 3 is 2.12 bits per heavy atom. The average molecular weight is 626 g/mol. The Kier molecular flexibility index (Phi) is 23.3. The first-order chi connectivity index (χ1) is 20.3. The molecule has 0 aromatic carbocycles. The minimum Gasteiger partial charge on any atom is -0.756 e. The van der Waals surface area contributed by atoms with Crippen molar-refractivity contribution < 1.29 is 47.2 Å². The highest BCUT2D eigenvalue weighted by molar-refractivity contribution is 7.45. The number of carbonyl (C=O) groups excluding carboxylic acids is 2. The molecule has 0 radical (unpaired) electrons. The van der Waals surface area contributed by atoms with E-state index < -0.39 is 38.6 Å². The molecule has 0 saturated carbocycles. The van der Waals surface area contributed by atoms with Gasteiger partial charge in [0.2, 0.25) is 0 Å². The van der Waals surface area contributed by atoms with Crippen LogP contribution in [-0.2, 0) is 32.7 Å². The predicted molar refractivity (Wildman–Crippen MR) is 168 cm³/mol. The number of rotatable bonds is 24. The van der Waals surface area contributed by atoms with Gasteiger partial charge in [0, 0.05) is 13.3 Å². The summed E-state index contributed by atoms with van der Waals surface area (Å²) in [4.78, 5) is 35.4. The molecule has 0 aliphatic carbocycles. The molecule has 2 unspecified atom stereocenters. The van der Waals surface area contributed by atoms with Crippen LogP contribution in [0.25, 0.3) is 0 Å². The van der Waals surface area contributed by atoms with Crippen LogP contribution in [0.2, 0.25) is 0 Å². The summed E-state index contributed by atoms with van der Waals surface area (Å²) in [5.41, 5.74) is 0. The molecule has 0 spiro atoms. The summed E-state index contributed by atoms with van der Waals surface area (Å²) in [6, 6.07) is 0. The number of aliphatic hydroxyl groups excluding tert-OH is 1. The Morgan fingerprint density at radius 1 is 0.884 bits per heavy atom. The third-order valence-corrected chi connectivity index (χ3v) is 6.36. The van der Waals surface area contributed by atoms with Crippen LogP contribution in [0, 0.1) is 0 Å². The number of allylic oxidation sites excluding steroid dienone is 10. The van der Waals surface area contributed by atoms with E-state index in [0.717, 1.165) is 25.7 Å². The number of quaternary nitrogens is 1. The molecular formula is C32H52NO9P. The summed E-state index contributed by atoms with van der Waals surface area (Å²) in [5.74, 6) is -1.22. The second-order valence-corrected chi connectivity index (χ2v) is 12.1. The molecule has 43 heavy (non-hydrogen) atoms. The zero-order chi connectivity index (χ0) is 32.4. The van der Waals surface area contributed by atoms with E-state index in [0.29, 0.717) is 23.9 Å². The molecule has 244 valence electrons. The van der Waals surface area contributed by atoms with Crippen molar-refractivity contribution in [2.75, 3.05) is 47.5 Å². The molecule has 0 amide bonds. The van der Waals surface area contributed by atoms with E-state index in [1.54, 1.807) is 24.3 Å². The topological polar surface area (TPSA) is 131 Å². The molecule has 0 fully saturated rings. The summed E-state index contributed by atoms with van der Waals surface area (Å²) in [7, 11) is 1.03. The van der Waals surface area contributed by atoms with Crippen LogP contribution in [-0.4, -0.2) is 81.2 Å². The molecule has 0 heterocycles. The maximum absolute atomic E-state index is 12.2. The molecule has 10 nitrogen and oxygen atoms in total. The molecule has 0 saturated heterocycles. The summed E-state index contributed by atoms with van der Waals surface area (Å²) in [6.07, 6.45) is 26.4. The maximum atomic E-state index is 12.2. The minimum atomic E-state index is -4.63. The quantitative estimate of drug-likeness (QED) is 0.0511. The number of phosphoric acid groups is 1. The Balaban J connectivity index is 4.36. The first kappa shape index (κ1) is 40.4. The van der Waals surface area contributed by atoms with E-state index >= 15 is 0 Å². The van der Waals surface area contributed by atoms with Gasteiger partial charge in [0.25, 0.3) is 7.82 Å². The fourth-order valence-electron chi connectivity index (χ4n) is 3.08. The molecule has 0 aromatic rings. The van der Waals surface area contributed by atoms with Crippen LogP contribution in [0.3, 0.4) is 0 Å². The Hall–Kier alpha value is -2.59. The summed E-state index contributed by atoms with van der Waals surface area (Å²) in [6.45, 7) is 2.77. The number of ether oxygens (including phenoxy) is 2. The molecule has 0 aliphatic rings. The van der Waals surface area contributed by atoms with Gasteiger partial charge in [0.1, 0.15) is 19.8 Å². The van der Waals surface area contributed by atoms with Crippen molar-refractivity contribution in [3.05, 3.63) is 72.9 Å². The van der Waals surface area contributed by atoms with Crippen molar-refractivity contribution >= 4 is 19.8 Å². The van der Waals surface area contributed by atoms with E-state index in [9.17, 15) is 24.2 Å². The number of aliphatic hydroxyl groups is 1. The van der Waals surface area contributed by atoms with Gasteiger partial charge in [-0.3, -0.25) is 14.2 Å². The van der Waals surface area contributed by atoms with Gasteiger partial charge in [-0.15, -0.1) is 0 Å². The molecule has 1 N–H and O–H groups in total. The Labute approximate surface area is 258 Å². The van der Waals surface area contributed by atoms with Gasteiger partial charge in [-0.2, -0.15) is 0 Å². The summed E-state index contributed by atoms with van der Waals surface area (Å²) in [5, 5.41) is 10.1. The van der Waals surface area contributed by atoms with E-state index in [4.69, 9.17) is 18.5 Å². The highest BCUT2D eigenvalue weighted by Gasteiger charge is 2.21. The minimum absolute atomic E-state index is 0.00991. The van der Waals surface area contributed by atoms with Gasteiger partial charge in [0.15, 0.2) is 6.10 Å². The van der Waals surface area contributed by atoms with Crippen molar-refractivity contribution in [3.8, 4) is 0 Å². The lowest BCUT2D eigenvalue weighted by atomic mass is 10.2. The van der Waals surface area contributed by atoms with E-state index in [-0.39, 0.29) is 19.6 Å². The van der Waals surface area contributed by atoms with Crippen LogP contribution < -0.4 is 4.89 Å². The smallest absolute Gasteiger partial charge is 0.306 e. The zero-order valence-electron chi connectivity index (χ0n) is 26.5. The first-order valence-corrected chi connectivity index (χ1v) is 16.2. The van der Waals surface area contributed by atoms with E-state index in [1.165, 1.54) is 6.92 Å². The van der Waals surface area contributed by atoms with Crippen LogP contribution in [0.4, 0.5) is 0 Å². The SMILES string of the molecule is CC/C=C\C/C=C\C/C=C\C/C=C\C=C/C(O)C/C=C\CCC(=O)O[C@H](COC(C)=O)COP(=O)([O-])OCC[N+](C)(C)C.